The van der Waals surface area contributed by atoms with Crippen LogP contribution in [0.3, 0.4) is 0 Å². The number of carbonyl (C=O) groups excluding carboxylic acids is 2. The van der Waals surface area contributed by atoms with Crippen molar-refractivity contribution in [2.24, 2.45) is 0 Å². The Bertz CT molecular complexity index is 1350. The summed E-state index contributed by atoms with van der Waals surface area (Å²) in [7, 11) is 2.63. The maximum atomic E-state index is 13.3. The molecule has 4 rings (SSSR count). The molecule has 3 aromatic carbocycles. The van der Waals surface area contributed by atoms with Crippen LogP contribution in [0.1, 0.15) is 19.8 Å². The van der Waals surface area contributed by atoms with Crippen molar-refractivity contribution in [2.75, 3.05) is 20.4 Å². The van der Waals surface area contributed by atoms with Crippen LogP contribution in [-0.4, -0.2) is 37.0 Å². The van der Waals surface area contributed by atoms with Gasteiger partial charge >= 0.3 is 227 Å². The summed E-state index contributed by atoms with van der Waals surface area (Å²) in [6.07, 6.45) is 0.715. The third-order valence-corrected chi connectivity index (χ3v) is 13.1. The van der Waals surface area contributed by atoms with Gasteiger partial charge in [-0.3, -0.25) is 0 Å². The van der Waals surface area contributed by atoms with Gasteiger partial charge in [-0.05, 0) is 0 Å². The van der Waals surface area contributed by atoms with E-state index in [1.54, 1.807) is 6.92 Å². The van der Waals surface area contributed by atoms with Crippen molar-refractivity contribution in [3.05, 3.63) is 124 Å². The van der Waals surface area contributed by atoms with Crippen LogP contribution in [-0.2, 0) is 23.7 Å². The van der Waals surface area contributed by atoms with Gasteiger partial charge in [0.05, 0.1) is 0 Å². The summed E-state index contributed by atoms with van der Waals surface area (Å²) in [5.74, 6) is -1.12. The zero-order valence-electron chi connectivity index (χ0n) is 22.0. The van der Waals surface area contributed by atoms with Crippen molar-refractivity contribution in [1.82, 2.24) is 0 Å². The van der Waals surface area contributed by atoms with Crippen LogP contribution in [0.5, 0.6) is 0 Å². The number of hydrogen-bond acceptors (Lipinski definition) is 7. The predicted octanol–water partition coefficient (Wildman–Crippen LogP) is 4.39. The fourth-order valence-corrected chi connectivity index (χ4v) is 10.9. The van der Waals surface area contributed by atoms with Gasteiger partial charge in [0.2, 0.25) is 0 Å². The Labute approximate surface area is 227 Å². The third kappa shape index (κ3) is 4.61. The molecule has 0 amide bonds. The van der Waals surface area contributed by atoms with Crippen LogP contribution in [0.15, 0.2) is 114 Å². The van der Waals surface area contributed by atoms with E-state index in [0.717, 1.165) is 0 Å². The first kappa shape index (κ1) is 27.7. The molecule has 0 bridgehead atoms. The molecule has 202 valence electrons. The number of rotatable bonds is 11. The molecule has 0 saturated heterocycles. The van der Waals surface area contributed by atoms with E-state index in [2.05, 4.69) is 0 Å². The van der Waals surface area contributed by atoms with E-state index in [-0.39, 0.29) is 29.7 Å². The molecule has 0 N–H and O–H groups in total. The van der Waals surface area contributed by atoms with Gasteiger partial charge < -0.3 is 0 Å². The van der Waals surface area contributed by atoms with E-state index >= 15 is 0 Å². The Hall–Kier alpha value is -4.29. The van der Waals surface area contributed by atoms with E-state index in [0.29, 0.717) is 27.9 Å². The van der Waals surface area contributed by atoms with Gasteiger partial charge in [0.15, 0.2) is 0 Å². The minimum atomic E-state index is -4.24. The molecular weight excluding hydrogens is 517 g/mol. The minimum absolute atomic E-state index is 0.127. The normalized spacial score (nSPS) is 15.0. The zero-order valence-corrected chi connectivity index (χ0v) is 22.9. The van der Waals surface area contributed by atoms with E-state index in [1.807, 2.05) is 91.0 Å². The molecule has 9 heteroatoms. The Balaban J connectivity index is 1.91. The molecule has 0 radical (unpaired) electrons. The van der Waals surface area contributed by atoms with Gasteiger partial charge in [-0.1, -0.05) is 0 Å². The Morgan fingerprint density at radius 2 is 1.13 bits per heavy atom. The SMILES string of the molecule is COC1=C(OC)C(=O)C(CCCP(O[N+](=O)[O-])(c2ccccc2)(c2ccccc2)c2ccccc2)=C(C)C1=O. The summed E-state index contributed by atoms with van der Waals surface area (Å²) in [6, 6.07) is 27.7. The van der Waals surface area contributed by atoms with E-state index < -0.39 is 23.5 Å². The van der Waals surface area contributed by atoms with Crippen LogP contribution in [0.4, 0.5) is 0 Å². The number of nitrogens with zero attached hydrogens (tertiary/aromatic N) is 1. The Kier molecular flexibility index (Phi) is 7.98. The Morgan fingerprint density at radius 3 is 1.51 bits per heavy atom. The standard InChI is InChI=1S/C30H30NO7P/c1-22-26(28(33)30(37-3)29(36-2)27(22)32)20-13-21-39(38-31(34)35,23-14-7-4-8-15-23,24-16-9-5-10-17-24)25-18-11-6-12-19-25/h4-12,14-19H,13,20-21H2,1-3H3. The monoisotopic (exact) mass is 547 g/mol. The fourth-order valence-electron chi connectivity index (χ4n) is 5.44. The van der Waals surface area contributed by atoms with Crippen molar-refractivity contribution in [2.45, 2.75) is 19.8 Å². The number of hydrogen-bond donors (Lipinski definition) is 0. The van der Waals surface area contributed by atoms with Gasteiger partial charge in [-0.2, -0.15) is 0 Å². The first-order chi connectivity index (χ1) is 18.8. The molecule has 8 nitrogen and oxygen atoms in total. The van der Waals surface area contributed by atoms with Gasteiger partial charge in [0.25, 0.3) is 0 Å². The summed E-state index contributed by atoms with van der Waals surface area (Å²) in [5.41, 5.74) is 0.567. The molecular formula is C30H30NO7P. The molecule has 1 aliphatic carbocycles. The molecule has 0 heterocycles. The molecule has 0 spiro atoms. The molecule has 0 aromatic heterocycles. The van der Waals surface area contributed by atoms with Crippen LogP contribution >= 0.6 is 6.83 Å². The summed E-state index contributed by atoms with van der Waals surface area (Å²) < 4.78 is 16.4. The van der Waals surface area contributed by atoms with Gasteiger partial charge in [-0.25, -0.2) is 0 Å². The van der Waals surface area contributed by atoms with Crippen LogP contribution in [0.25, 0.3) is 0 Å². The predicted molar refractivity (Wildman–Crippen MR) is 151 cm³/mol. The second-order valence-electron chi connectivity index (χ2n) is 9.18. The van der Waals surface area contributed by atoms with Gasteiger partial charge in [0.1, 0.15) is 0 Å². The van der Waals surface area contributed by atoms with E-state index in [4.69, 9.17) is 14.1 Å². The van der Waals surface area contributed by atoms with E-state index in [1.165, 1.54) is 14.2 Å². The summed E-state index contributed by atoms with van der Waals surface area (Å²) in [5, 5.41) is 13.7. The molecule has 3 aromatic rings. The zero-order chi connectivity index (χ0) is 28.1. The number of benzene rings is 3. The number of ether oxygens (including phenoxy) is 2. The van der Waals surface area contributed by atoms with Crippen molar-refractivity contribution < 1.29 is 28.8 Å². The quantitative estimate of drug-likeness (QED) is 0.152. The summed E-state index contributed by atoms with van der Waals surface area (Å²) in [6.45, 7) is -2.66. The Morgan fingerprint density at radius 1 is 0.718 bits per heavy atom. The second-order valence-corrected chi connectivity index (χ2v) is 13.8. The molecule has 0 saturated carbocycles. The van der Waals surface area contributed by atoms with Crippen LogP contribution < -0.4 is 15.9 Å². The van der Waals surface area contributed by atoms with Gasteiger partial charge in [-0.15, -0.1) is 0 Å². The molecule has 0 fully saturated rings. The molecule has 39 heavy (non-hydrogen) atoms. The van der Waals surface area contributed by atoms with Crippen molar-refractivity contribution in [3.8, 4) is 0 Å². The summed E-state index contributed by atoms with van der Waals surface area (Å²) >= 11 is 0. The van der Waals surface area contributed by atoms with Crippen molar-refractivity contribution in [3.63, 3.8) is 0 Å². The van der Waals surface area contributed by atoms with Crippen molar-refractivity contribution >= 4 is 34.3 Å². The molecule has 0 atom stereocenters. The van der Waals surface area contributed by atoms with E-state index in [9.17, 15) is 19.7 Å². The van der Waals surface area contributed by atoms with Crippen LogP contribution in [0.2, 0.25) is 0 Å². The first-order valence-corrected chi connectivity index (χ1v) is 14.8. The third-order valence-electron chi connectivity index (χ3n) is 7.26. The fraction of sp³-hybridized carbons (Fsp3) is 0.200. The first-order valence-electron chi connectivity index (χ1n) is 12.4. The average Bonchev–Trinajstić information content (AvgIpc) is 2.97. The topological polar surface area (TPSA) is 105 Å². The van der Waals surface area contributed by atoms with Gasteiger partial charge in [0, 0.05) is 0 Å². The average molecular weight is 548 g/mol. The molecule has 1 aliphatic rings. The number of ketones is 2. The number of Topliss-reactive ketones (excluding diaryl/α,β-unsaturated/α-hetero) is 2. The second kappa shape index (κ2) is 11.2. The number of allylic oxidation sites excluding steroid dienone is 2. The molecule has 0 aliphatic heterocycles. The summed E-state index contributed by atoms with van der Waals surface area (Å²) in [4.78, 5) is 38.6. The van der Waals surface area contributed by atoms with Crippen LogP contribution in [0, 0.1) is 10.1 Å². The molecule has 0 unspecified atom stereocenters. The van der Waals surface area contributed by atoms with Crippen molar-refractivity contribution in [1.29, 1.82) is 0 Å². The number of methoxy groups -OCH3 is 2. The maximum absolute atomic E-state index is 13.3. The number of carbonyl (C=O) groups is 2.